The molecule has 0 saturated carbocycles. The van der Waals surface area contributed by atoms with E-state index in [0.29, 0.717) is 11.6 Å². The van der Waals surface area contributed by atoms with Crippen LogP contribution in [0.2, 0.25) is 0 Å². The summed E-state index contributed by atoms with van der Waals surface area (Å²) in [7, 11) is 0. The minimum atomic E-state index is 0.425. The lowest BCUT2D eigenvalue weighted by Gasteiger charge is -2.00. The zero-order chi connectivity index (χ0) is 13.0. The van der Waals surface area contributed by atoms with E-state index in [9.17, 15) is 0 Å². The van der Waals surface area contributed by atoms with Crippen molar-refractivity contribution in [3.8, 4) is 6.07 Å². The van der Waals surface area contributed by atoms with Crippen LogP contribution in [-0.2, 0) is 6.54 Å². The molecule has 0 N–H and O–H groups in total. The van der Waals surface area contributed by atoms with E-state index < -0.39 is 0 Å². The summed E-state index contributed by atoms with van der Waals surface area (Å²) in [6.07, 6.45) is 3.18. The Balaban J connectivity index is 2.25. The van der Waals surface area contributed by atoms with E-state index in [4.69, 9.17) is 16.9 Å². The molecule has 0 bridgehead atoms. The van der Waals surface area contributed by atoms with Crippen LogP contribution in [0.5, 0.6) is 0 Å². The lowest BCUT2D eigenvalue weighted by molar-refractivity contribution is 0.679. The molecule has 0 saturated heterocycles. The quantitative estimate of drug-likeness (QED) is 0.792. The monoisotopic (exact) mass is 257 g/mol. The topological polar surface area (TPSA) is 41.6 Å². The smallest absolute Gasteiger partial charge is 0.0927 e. The first-order chi connectivity index (χ1) is 8.70. The van der Waals surface area contributed by atoms with Crippen molar-refractivity contribution < 1.29 is 0 Å². The van der Waals surface area contributed by atoms with Crippen molar-refractivity contribution in [3.05, 3.63) is 59.4 Å². The van der Waals surface area contributed by atoms with Crippen molar-refractivity contribution >= 4 is 16.6 Å². The van der Waals surface area contributed by atoms with Gasteiger partial charge in [0, 0.05) is 17.8 Å². The number of nitriles is 1. The van der Waals surface area contributed by atoms with Gasteiger partial charge in [-0.3, -0.25) is 4.68 Å². The van der Waals surface area contributed by atoms with Crippen molar-refractivity contribution in [2.75, 3.05) is 0 Å². The second-order valence-corrected chi connectivity index (χ2v) is 4.34. The average Bonchev–Trinajstić information content (AvgIpc) is 2.72. The lowest BCUT2D eigenvalue weighted by atomic mass is 10.2. The molecule has 2 aromatic rings. The van der Waals surface area contributed by atoms with Gasteiger partial charge in [-0.2, -0.15) is 10.4 Å². The first-order valence-corrected chi connectivity index (χ1v) is 5.92. The fourth-order valence-electron chi connectivity index (χ4n) is 1.74. The maximum absolute atomic E-state index is 8.59. The van der Waals surface area contributed by atoms with Crippen molar-refractivity contribution in [3.63, 3.8) is 0 Å². The van der Waals surface area contributed by atoms with E-state index in [2.05, 4.69) is 5.10 Å². The van der Waals surface area contributed by atoms with Crippen molar-refractivity contribution in [2.24, 2.45) is 0 Å². The van der Waals surface area contributed by atoms with Gasteiger partial charge < -0.3 is 0 Å². The van der Waals surface area contributed by atoms with Crippen LogP contribution in [0.4, 0.5) is 0 Å². The SMILES string of the molecule is Cc1nn(Cc2ccccc2)cc1C(Cl)=CC#N. The maximum Gasteiger partial charge on any atom is 0.0927 e. The third kappa shape index (κ3) is 2.79. The number of rotatable bonds is 3. The highest BCUT2D eigenvalue weighted by Gasteiger charge is 2.08. The molecule has 0 spiro atoms. The van der Waals surface area contributed by atoms with Crippen LogP contribution < -0.4 is 0 Å². The molecule has 0 atom stereocenters. The molecular formula is C14H12ClN3. The fraction of sp³-hybridized carbons (Fsp3) is 0.143. The van der Waals surface area contributed by atoms with Gasteiger partial charge in [-0.1, -0.05) is 41.9 Å². The summed E-state index contributed by atoms with van der Waals surface area (Å²) < 4.78 is 1.83. The Labute approximate surface area is 111 Å². The van der Waals surface area contributed by atoms with Gasteiger partial charge in [0.25, 0.3) is 0 Å². The number of benzene rings is 1. The number of hydrogen-bond acceptors (Lipinski definition) is 2. The Kier molecular flexibility index (Phi) is 3.81. The van der Waals surface area contributed by atoms with Gasteiger partial charge in [0.2, 0.25) is 0 Å². The minimum absolute atomic E-state index is 0.425. The summed E-state index contributed by atoms with van der Waals surface area (Å²) in [6, 6.07) is 12.0. The second-order valence-electron chi connectivity index (χ2n) is 3.93. The first-order valence-electron chi connectivity index (χ1n) is 5.54. The van der Waals surface area contributed by atoms with E-state index in [1.54, 1.807) is 0 Å². The summed E-state index contributed by atoms with van der Waals surface area (Å²) in [5.41, 5.74) is 2.79. The summed E-state index contributed by atoms with van der Waals surface area (Å²) in [4.78, 5) is 0. The van der Waals surface area contributed by atoms with Gasteiger partial charge in [0.15, 0.2) is 0 Å². The maximum atomic E-state index is 8.59. The largest absolute Gasteiger partial charge is 0.267 e. The number of aromatic nitrogens is 2. The van der Waals surface area contributed by atoms with E-state index in [-0.39, 0.29) is 0 Å². The lowest BCUT2D eigenvalue weighted by Crippen LogP contribution is -1.99. The number of halogens is 1. The minimum Gasteiger partial charge on any atom is -0.267 e. The number of allylic oxidation sites excluding steroid dienone is 1. The summed E-state index contributed by atoms with van der Waals surface area (Å²) in [6.45, 7) is 2.57. The van der Waals surface area contributed by atoms with Gasteiger partial charge in [0.1, 0.15) is 0 Å². The molecule has 0 aliphatic carbocycles. The molecule has 1 aromatic heterocycles. The molecule has 0 aliphatic rings. The molecular weight excluding hydrogens is 246 g/mol. The first kappa shape index (κ1) is 12.4. The highest BCUT2D eigenvalue weighted by atomic mass is 35.5. The van der Waals surface area contributed by atoms with Crippen molar-refractivity contribution in [2.45, 2.75) is 13.5 Å². The summed E-state index contributed by atoms with van der Waals surface area (Å²) >= 11 is 6.01. The molecule has 0 aliphatic heterocycles. The Hall–Kier alpha value is -2.05. The zero-order valence-corrected chi connectivity index (χ0v) is 10.7. The molecule has 90 valence electrons. The second kappa shape index (κ2) is 5.52. The molecule has 0 amide bonds. The van der Waals surface area contributed by atoms with Crippen LogP contribution in [0, 0.1) is 18.3 Å². The van der Waals surface area contributed by atoms with E-state index in [1.807, 2.05) is 54.2 Å². The predicted molar refractivity (Wildman–Crippen MR) is 72.0 cm³/mol. The van der Waals surface area contributed by atoms with Gasteiger partial charge in [-0.25, -0.2) is 0 Å². The Morgan fingerprint density at radius 1 is 1.44 bits per heavy atom. The summed E-state index contributed by atoms with van der Waals surface area (Å²) in [5.74, 6) is 0. The fourth-order valence-corrected chi connectivity index (χ4v) is 1.97. The highest BCUT2D eigenvalue weighted by Crippen LogP contribution is 2.21. The van der Waals surface area contributed by atoms with Gasteiger partial charge in [-0.05, 0) is 12.5 Å². The van der Waals surface area contributed by atoms with E-state index in [1.165, 1.54) is 11.6 Å². The Bertz CT molecular complexity index is 606. The molecule has 4 heteroatoms. The molecule has 0 radical (unpaired) electrons. The number of hydrogen-bond donors (Lipinski definition) is 0. The van der Waals surface area contributed by atoms with Crippen molar-refractivity contribution in [1.29, 1.82) is 5.26 Å². The van der Waals surface area contributed by atoms with Crippen LogP contribution in [0.15, 0.2) is 42.6 Å². The van der Waals surface area contributed by atoms with Crippen LogP contribution in [0.1, 0.15) is 16.8 Å². The molecule has 2 rings (SSSR count). The third-order valence-electron chi connectivity index (χ3n) is 2.58. The molecule has 3 nitrogen and oxygen atoms in total. The molecule has 1 heterocycles. The molecule has 0 unspecified atom stereocenters. The summed E-state index contributed by atoms with van der Waals surface area (Å²) in [5, 5.41) is 13.4. The normalized spacial score (nSPS) is 11.3. The Morgan fingerprint density at radius 2 is 2.17 bits per heavy atom. The van der Waals surface area contributed by atoms with Gasteiger partial charge >= 0.3 is 0 Å². The van der Waals surface area contributed by atoms with Gasteiger partial charge in [0.05, 0.1) is 23.3 Å². The Morgan fingerprint density at radius 3 is 2.83 bits per heavy atom. The number of aryl methyl sites for hydroxylation is 1. The van der Waals surface area contributed by atoms with Crippen LogP contribution in [0.3, 0.4) is 0 Å². The van der Waals surface area contributed by atoms with Crippen LogP contribution >= 0.6 is 11.6 Å². The molecule has 0 fully saturated rings. The standard InChI is InChI=1S/C14H12ClN3/c1-11-13(14(15)7-8-16)10-18(17-11)9-12-5-3-2-4-6-12/h2-7,10H,9H2,1H3. The van der Waals surface area contributed by atoms with Crippen LogP contribution in [0.25, 0.3) is 5.03 Å². The highest BCUT2D eigenvalue weighted by molar-refractivity contribution is 6.49. The van der Waals surface area contributed by atoms with E-state index >= 15 is 0 Å². The number of nitrogens with zero attached hydrogens (tertiary/aromatic N) is 3. The molecule has 1 aromatic carbocycles. The average molecular weight is 258 g/mol. The molecule has 18 heavy (non-hydrogen) atoms. The zero-order valence-electron chi connectivity index (χ0n) is 9.97. The van der Waals surface area contributed by atoms with Crippen molar-refractivity contribution in [1.82, 2.24) is 9.78 Å². The van der Waals surface area contributed by atoms with Crippen LogP contribution in [-0.4, -0.2) is 9.78 Å². The van der Waals surface area contributed by atoms with E-state index in [0.717, 1.165) is 11.3 Å². The van der Waals surface area contributed by atoms with Gasteiger partial charge in [-0.15, -0.1) is 0 Å². The predicted octanol–water partition coefficient (Wildman–Crippen LogP) is 3.34. The third-order valence-corrected chi connectivity index (χ3v) is 2.90.